The number of aromatic nitrogens is 3. The van der Waals surface area contributed by atoms with Crippen LogP contribution < -0.4 is 5.32 Å². The molecule has 0 spiro atoms. The fraction of sp³-hybridized carbons (Fsp3) is 0.636. The molecular formula is C11H18N4O. The maximum atomic E-state index is 5.38. The lowest BCUT2D eigenvalue weighted by Crippen LogP contribution is -2.26. The van der Waals surface area contributed by atoms with Crippen LogP contribution in [0.5, 0.6) is 0 Å². The zero-order valence-corrected chi connectivity index (χ0v) is 9.57. The van der Waals surface area contributed by atoms with Gasteiger partial charge in [0.15, 0.2) is 0 Å². The Bertz CT molecular complexity index is 334. The Morgan fingerprint density at radius 1 is 1.62 bits per heavy atom. The Hall–Kier alpha value is -1.36. The quantitative estimate of drug-likeness (QED) is 0.793. The number of rotatable bonds is 5. The number of nitrogens with zero attached hydrogens (tertiary/aromatic N) is 2. The van der Waals surface area contributed by atoms with E-state index in [1.54, 1.807) is 6.33 Å². The van der Waals surface area contributed by atoms with Gasteiger partial charge in [0.25, 0.3) is 0 Å². The third-order valence-corrected chi connectivity index (χ3v) is 2.64. The molecule has 0 fully saturated rings. The number of hydrogen-bond acceptors (Lipinski definition) is 4. The van der Waals surface area contributed by atoms with Gasteiger partial charge in [0.2, 0.25) is 0 Å². The summed E-state index contributed by atoms with van der Waals surface area (Å²) in [6.45, 7) is 3.93. The van der Waals surface area contributed by atoms with Crippen molar-refractivity contribution in [3.63, 3.8) is 0 Å². The van der Waals surface area contributed by atoms with Crippen molar-refractivity contribution in [3.05, 3.63) is 24.0 Å². The minimum Gasteiger partial charge on any atom is -0.501 e. The maximum absolute atomic E-state index is 5.38. The molecule has 2 N–H and O–H groups in total. The number of aromatic amines is 1. The summed E-state index contributed by atoms with van der Waals surface area (Å²) in [5, 5.41) is 10.3. The predicted octanol–water partition coefficient (Wildman–Crippen LogP) is 1.54. The largest absolute Gasteiger partial charge is 0.501 e. The van der Waals surface area contributed by atoms with E-state index >= 15 is 0 Å². The van der Waals surface area contributed by atoms with E-state index in [9.17, 15) is 0 Å². The van der Waals surface area contributed by atoms with E-state index in [1.807, 2.05) is 6.26 Å². The first kappa shape index (κ1) is 11.1. The molecule has 1 aliphatic heterocycles. The summed E-state index contributed by atoms with van der Waals surface area (Å²) in [4.78, 5) is 4.22. The van der Waals surface area contributed by atoms with E-state index in [4.69, 9.17) is 4.74 Å². The van der Waals surface area contributed by atoms with E-state index in [0.29, 0.717) is 0 Å². The normalized spacial score (nSPS) is 17.7. The lowest BCUT2D eigenvalue weighted by molar-refractivity contribution is 0.219. The highest BCUT2D eigenvalue weighted by molar-refractivity contribution is 5.16. The van der Waals surface area contributed by atoms with Crippen LogP contribution in [0.15, 0.2) is 18.2 Å². The van der Waals surface area contributed by atoms with Crippen LogP contribution in [0.3, 0.4) is 0 Å². The highest BCUT2D eigenvalue weighted by Crippen LogP contribution is 2.25. The van der Waals surface area contributed by atoms with Crippen LogP contribution in [0.25, 0.3) is 0 Å². The minimum atomic E-state index is 0.114. The zero-order chi connectivity index (χ0) is 11.2. The number of H-pyrrole nitrogens is 1. The summed E-state index contributed by atoms with van der Waals surface area (Å²) in [5.41, 5.74) is 1.25. The van der Waals surface area contributed by atoms with Gasteiger partial charge in [0.05, 0.1) is 18.9 Å². The van der Waals surface area contributed by atoms with Crippen molar-refractivity contribution in [2.75, 3.05) is 13.2 Å². The Morgan fingerprint density at radius 3 is 3.19 bits per heavy atom. The smallest absolute Gasteiger partial charge is 0.145 e. The Labute approximate surface area is 95.3 Å². The zero-order valence-electron chi connectivity index (χ0n) is 9.57. The molecule has 1 aromatic heterocycles. The van der Waals surface area contributed by atoms with Gasteiger partial charge < -0.3 is 10.1 Å². The van der Waals surface area contributed by atoms with Gasteiger partial charge in [-0.15, -0.1) is 0 Å². The van der Waals surface area contributed by atoms with Crippen molar-refractivity contribution in [1.82, 2.24) is 20.5 Å². The standard InChI is InChI=1S/C11H18N4O/c1-2-5-12-10(11-13-8-14-15-11)9-4-3-6-16-7-9/h7-8,10,12H,2-6H2,1H3,(H,13,14,15). The second-order valence-electron chi connectivity index (χ2n) is 3.92. The lowest BCUT2D eigenvalue weighted by atomic mass is 10.0. The van der Waals surface area contributed by atoms with Crippen LogP contribution in [-0.4, -0.2) is 28.3 Å². The van der Waals surface area contributed by atoms with Crippen molar-refractivity contribution < 1.29 is 4.74 Å². The molecule has 1 aliphatic rings. The molecule has 0 aromatic carbocycles. The SMILES string of the molecule is CCCNC(C1=COCCC1)c1ncn[nH]1. The highest BCUT2D eigenvalue weighted by Gasteiger charge is 2.20. The third kappa shape index (κ3) is 2.61. The molecule has 0 aliphatic carbocycles. The Morgan fingerprint density at radius 2 is 2.56 bits per heavy atom. The molecule has 1 atom stereocenters. The Kier molecular flexibility index (Phi) is 3.93. The average molecular weight is 222 g/mol. The number of ether oxygens (including phenoxy) is 1. The topological polar surface area (TPSA) is 62.8 Å². The minimum absolute atomic E-state index is 0.114. The van der Waals surface area contributed by atoms with Gasteiger partial charge in [-0.3, -0.25) is 5.10 Å². The molecule has 1 unspecified atom stereocenters. The predicted molar refractivity (Wildman–Crippen MR) is 60.7 cm³/mol. The molecule has 0 amide bonds. The first-order chi connectivity index (χ1) is 7.92. The summed E-state index contributed by atoms with van der Waals surface area (Å²) >= 11 is 0. The highest BCUT2D eigenvalue weighted by atomic mass is 16.5. The molecule has 88 valence electrons. The number of hydrogen-bond donors (Lipinski definition) is 2. The molecule has 1 aromatic rings. The fourth-order valence-corrected chi connectivity index (χ4v) is 1.84. The fourth-order valence-electron chi connectivity index (χ4n) is 1.84. The average Bonchev–Trinajstić information content (AvgIpc) is 2.85. The number of nitrogens with one attached hydrogen (secondary N) is 2. The van der Waals surface area contributed by atoms with Gasteiger partial charge in [-0.1, -0.05) is 6.92 Å². The van der Waals surface area contributed by atoms with Gasteiger partial charge in [-0.25, -0.2) is 4.98 Å². The van der Waals surface area contributed by atoms with Crippen LogP contribution >= 0.6 is 0 Å². The van der Waals surface area contributed by atoms with Crippen molar-refractivity contribution in [1.29, 1.82) is 0 Å². The van der Waals surface area contributed by atoms with Gasteiger partial charge >= 0.3 is 0 Å². The first-order valence-corrected chi connectivity index (χ1v) is 5.81. The van der Waals surface area contributed by atoms with E-state index in [0.717, 1.165) is 38.2 Å². The van der Waals surface area contributed by atoms with Crippen LogP contribution in [0, 0.1) is 0 Å². The van der Waals surface area contributed by atoms with E-state index in [-0.39, 0.29) is 6.04 Å². The van der Waals surface area contributed by atoms with Gasteiger partial charge in [0.1, 0.15) is 12.2 Å². The van der Waals surface area contributed by atoms with E-state index < -0.39 is 0 Å². The molecule has 5 nitrogen and oxygen atoms in total. The molecule has 5 heteroatoms. The molecule has 0 saturated heterocycles. The molecule has 0 saturated carbocycles. The summed E-state index contributed by atoms with van der Waals surface area (Å²) in [5.74, 6) is 0.866. The van der Waals surface area contributed by atoms with Crippen LogP contribution in [0.1, 0.15) is 38.1 Å². The van der Waals surface area contributed by atoms with Crippen molar-refractivity contribution in [3.8, 4) is 0 Å². The van der Waals surface area contributed by atoms with Gasteiger partial charge in [0, 0.05) is 0 Å². The molecular weight excluding hydrogens is 204 g/mol. The lowest BCUT2D eigenvalue weighted by Gasteiger charge is -2.22. The van der Waals surface area contributed by atoms with E-state index in [2.05, 4.69) is 27.4 Å². The van der Waals surface area contributed by atoms with Crippen molar-refractivity contribution in [2.45, 2.75) is 32.2 Å². The molecule has 16 heavy (non-hydrogen) atoms. The van der Waals surface area contributed by atoms with Gasteiger partial charge in [-0.05, 0) is 31.4 Å². The van der Waals surface area contributed by atoms with Crippen molar-refractivity contribution >= 4 is 0 Å². The second-order valence-corrected chi connectivity index (χ2v) is 3.92. The summed E-state index contributed by atoms with van der Waals surface area (Å²) in [6.07, 6.45) is 6.63. The third-order valence-electron chi connectivity index (χ3n) is 2.64. The van der Waals surface area contributed by atoms with Crippen LogP contribution in [0.4, 0.5) is 0 Å². The van der Waals surface area contributed by atoms with Crippen LogP contribution in [-0.2, 0) is 4.74 Å². The maximum Gasteiger partial charge on any atom is 0.145 e. The van der Waals surface area contributed by atoms with Crippen molar-refractivity contribution in [2.24, 2.45) is 0 Å². The summed E-state index contributed by atoms with van der Waals surface area (Å²) in [7, 11) is 0. The molecule has 2 heterocycles. The monoisotopic (exact) mass is 222 g/mol. The van der Waals surface area contributed by atoms with E-state index in [1.165, 1.54) is 5.57 Å². The first-order valence-electron chi connectivity index (χ1n) is 5.81. The molecule has 0 radical (unpaired) electrons. The molecule has 0 bridgehead atoms. The molecule has 2 rings (SSSR count). The van der Waals surface area contributed by atoms with Crippen LogP contribution in [0.2, 0.25) is 0 Å². The van der Waals surface area contributed by atoms with Gasteiger partial charge in [-0.2, -0.15) is 5.10 Å². The summed E-state index contributed by atoms with van der Waals surface area (Å²) in [6, 6.07) is 0.114. The second kappa shape index (κ2) is 5.65. The summed E-state index contributed by atoms with van der Waals surface area (Å²) < 4.78 is 5.38. The Balaban J connectivity index is 2.10.